The molecule has 1 saturated heterocycles. The molecule has 2 fully saturated rings. The van der Waals surface area contributed by atoms with Crippen molar-refractivity contribution in [3.63, 3.8) is 0 Å². The minimum absolute atomic E-state index is 0.176. The molecule has 1 aliphatic heterocycles. The molecule has 6 rings (SSSR count). The Morgan fingerprint density at radius 2 is 1.84 bits per heavy atom. The van der Waals surface area contributed by atoms with Gasteiger partial charge in [0.2, 0.25) is 0 Å². The van der Waals surface area contributed by atoms with Crippen LogP contribution in [-0.2, 0) is 13.1 Å². The first-order valence-corrected chi connectivity index (χ1v) is 13.4. The molecule has 2 aromatic carbocycles. The van der Waals surface area contributed by atoms with Gasteiger partial charge in [0, 0.05) is 25.7 Å². The second-order valence-electron chi connectivity index (χ2n) is 10.6. The summed E-state index contributed by atoms with van der Waals surface area (Å²) in [6.45, 7) is 2.26. The van der Waals surface area contributed by atoms with Crippen molar-refractivity contribution >= 4 is 11.0 Å². The van der Waals surface area contributed by atoms with Gasteiger partial charge in [0.1, 0.15) is 23.3 Å². The molecule has 1 N–H and O–H groups in total. The minimum Gasteiger partial charge on any atom is -0.490 e. The predicted octanol–water partition coefficient (Wildman–Crippen LogP) is 4.07. The number of hydrogen-bond donors (Lipinski definition) is 1. The summed E-state index contributed by atoms with van der Waals surface area (Å²) in [5.74, 6) is 0.546. The number of ether oxygens (including phenoxy) is 1. The van der Waals surface area contributed by atoms with E-state index >= 15 is 0 Å². The average Bonchev–Trinajstić information content (AvgIpc) is 3.59. The van der Waals surface area contributed by atoms with E-state index in [0.29, 0.717) is 43.5 Å². The van der Waals surface area contributed by atoms with E-state index < -0.39 is 5.60 Å². The zero-order chi connectivity index (χ0) is 26.1. The SMILES string of the molecule is O=c1c2cnn(-c3cccc(OC4CCCC4)c3)c2ncn1CC1(O)CCN(Cc2ccc(F)cc2)CC1. The number of piperidine rings is 1. The molecule has 0 unspecified atom stereocenters. The highest BCUT2D eigenvalue weighted by Gasteiger charge is 2.33. The van der Waals surface area contributed by atoms with Crippen LogP contribution in [-0.4, -0.2) is 54.1 Å². The van der Waals surface area contributed by atoms with E-state index in [1.807, 2.05) is 24.3 Å². The molecule has 2 aromatic heterocycles. The lowest BCUT2D eigenvalue weighted by molar-refractivity contribution is -0.0364. The van der Waals surface area contributed by atoms with E-state index in [0.717, 1.165) is 29.8 Å². The maximum absolute atomic E-state index is 13.3. The van der Waals surface area contributed by atoms with Crippen LogP contribution in [0.2, 0.25) is 0 Å². The van der Waals surface area contributed by atoms with Crippen molar-refractivity contribution in [2.75, 3.05) is 13.1 Å². The monoisotopic (exact) mass is 517 g/mol. The molecule has 1 aliphatic carbocycles. The number of hydrogen-bond acceptors (Lipinski definition) is 6. The van der Waals surface area contributed by atoms with Crippen LogP contribution in [0.1, 0.15) is 44.1 Å². The summed E-state index contributed by atoms with van der Waals surface area (Å²) in [6, 6.07) is 14.2. The van der Waals surface area contributed by atoms with Gasteiger partial charge in [-0.05, 0) is 68.4 Å². The van der Waals surface area contributed by atoms with Gasteiger partial charge in [-0.3, -0.25) is 14.3 Å². The van der Waals surface area contributed by atoms with E-state index in [9.17, 15) is 14.3 Å². The van der Waals surface area contributed by atoms with Crippen molar-refractivity contribution in [1.29, 1.82) is 0 Å². The smallest absolute Gasteiger partial charge is 0.264 e. The maximum Gasteiger partial charge on any atom is 0.264 e. The van der Waals surface area contributed by atoms with E-state index in [1.54, 1.807) is 23.0 Å². The Morgan fingerprint density at radius 1 is 1.08 bits per heavy atom. The molecule has 38 heavy (non-hydrogen) atoms. The van der Waals surface area contributed by atoms with Crippen LogP contribution < -0.4 is 10.3 Å². The number of benzene rings is 2. The number of aromatic nitrogens is 4. The Labute approximate surface area is 220 Å². The highest BCUT2D eigenvalue weighted by atomic mass is 19.1. The fourth-order valence-electron chi connectivity index (χ4n) is 5.59. The predicted molar refractivity (Wildman–Crippen MR) is 142 cm³/mol. The number of rotatable bonds is 7. The summed E-state index contributed by atoms with van der Waals surface area (Å²) >= 11 is 0. The van der Waals surface area contributed by atoms with Crippen molar-refractivity contribution in [1.82, 2.24) is 24.2 Å². The number of aliphatic hydroxyl groups is 1. The van der Waals surface area contributed by atoms with Crippen molar-refractivity contribution in [2.45, 2.75) is 63.3 Å². The molecule has 0 radical (unpaired) electrons. The molecule has 0 spiro atoms. The van der Waals surface area contributed by atoms with Crippen molar-refractivity contribution in [3.05, 3.63) is 82.8 Å². The molecule has 0 amide bonds. The van der Waals surface area contributed by atoms with Crippen molar-refractivity contribution in [2.24, 2.45) is 0 Å². The van der Waals surface area contributed by atoms with Crippen molar-refractivity contribution < 1.29 is 14.2 Å². The first kappa shape index (κ1) is 24.8. The summed E-state index contributed by atoms with van der Waals surface area (Å²) in [5, 5.41) is 16.1. The van der Waals surface area contributed by atoms with Crippen LogP contribution in [0.5, 0.6) is 5.75 Å². The second-order valence-corrected chi connectivity index (χ2v) is 10.6. The van der Waals surface area contributed by atoms with Crippen LogP contribution in [0.4, 0.5) is 4.39 Å². The van der Waals surface area contributed by atoms with Crippen LogP contribution in [0.25, 0.3) is 16.7 Å². The van der Waals surface area contributed by atoms with Gasteiger partial charge < -0.3 is 9.84 Å². The summed E-state index contributed by atoms with van der Waals surface area (Å²) in [7, 11) is 0. The minimum atomic E-state index is -1.000. The quantitative estimate of drug-likeness (QED) is 0.398. The Kier molecular flexibility index (Phi) is 6.71. The Balaban J connectivity index is 1.15. The molecule has 2 aliphatic rings. The molecular formula is C29H32FN5O3. The van der Waals surface area contributed by atoms with E-state index in [-0.39, 0.29) is 24.0 Å². The topological polar surface area (TPSA) is 85.4 Å². The van der Waals surface area contributed by atoms with Gasteiger partial charge in [0.15, 0.2) is 5.65 Å². The summed E-state index contributed by atoms with van der Waals surface area (Å²) in [4.78, 5) is 20.1. The third-order valence-electron chi connectivity index (χ3n) is 7.79. The fraction of sp³-hybridized carbons (Fsp3) is 0.414. The van der Waals surface area contributed by atoms with Gasteiger partial charge >= 0.3 is 0 Å². The third kappa shape index (κ3) is 5.21. The van der Waals surface area contributed by atoms with Gasteiger partial charge in [-0.15, -0.1) is 0 Å². The molecule has 198 valence electrons. The molecule has 9 heteroatoms. The third-order valence-corrected chi connectivity index (χ3v) is 7.79. The lowest BCUT2D eigenvalue weighted by Crippen LogP contribution is -2.47. The van der Waals surface area contributed by atoms with Gasteiger partial charge in [-0.25, -0.2) is 14.1 Å². The maximum atomic E-state index is 13.3. The standard InChI is InChI=1S/C29H32FN5O3/c30-22-10-8-21(9-11-22)18-33-14-12-29(37,13-15-33)19-34-20-31-27-26(28(34)36)17-32-35(27)23-4-3-7-25(16-23)38-24-5-1-2-6-24/h3-4,7-11,16-17,20,24,37H,1-2,5-6,12-15,18-19H2. The van der Waals surface area contributed by atoms with E-state index in [1.165, 1.54) is 35.9 Å². The molecule has 0 atom stereocenters. The van der Waals surface area contributed by atoms with Gasteiger partial charge in [-0.1, -0.05) is 18.2 Å². The number of fused-ring (bicyclic) bond motifs is 1. The Hall–Kier alpha value is -3.56. The van der Waals surface area contributed by atoms with Gasteiger partial charge in [0.05, 0.1) is 30.1 Å². The number of halogens is 1. The van der Waals surface area contributed by atoms with Gasteiger partial charge in [0.25, 0.3) is 5.56 Å². The first-order chi connectivity index (χ1) is 18.5. The lowest BCUT2D eigenvalue weighted by atomic mass is 9.91. The van der Waals surface area contributed by atoms with Crippen LogP contribution in [0, 0.1) is 5.82 Å². The molecule has 4 aromatic rings. The molecule has 0 bridgehead atoms. The lowest BCUT2D eigenvalue weighted by Gasteiger charge is -2.38. The number of nitrogens with zero attached hydrogens (tertiary/aromatic N) is 5. The largest absolute Gasteiger partial charge is 0.490 e. The first-order valence-electron chi connectivity index (χ1n) is 13.4. The van der Waals surface area contributed by atoms with E-state index in [2.05, 4.69) is 15.0 Å². The molecule has 3 heterocycles. The average molecular weight is 518 g/mol. The van der Waals surface area contributed by atoms with Crippen molar-refractivity contribution in [3.8, 4) is 11.4 Å². The summed E-state index contributed by atoms with van der Waals surface area (Å²) < 4.78 is 22.5. The fourth-order valence-corrected chi connectivity index (χ4v) is 5.59. The molecular weight excluding hydrogens is 485 g/mol. The van der Waals surface area contributed by atoms with Crippen LogP contribution in [0.3, 0.4) is 0 Å². The zero-order valence-electron chi connectivity index (χ0n) is 21.3. The molecule has 1 saturated carbocycles. The summed E-state index contributed by atoms with van der Waals surface area (Å²) in [6.07, 6.45) is 8.93. The molecule has 8 nitrogen and oxygen atoms in total. The zero-order valence-corrected chi connectivity index (χ0v) is 21.3. The highest BCUT2D eigenvalue weighted by molar-refractivity contribution is 5.75. The Morgan fingerprint density at radius 3 is 2.61 bits per heavy atom. The normalized spacial score (nSPS) is 18.3. The van der Waals surface area contributed by atoms with E-state index in [4.69, 9.17) is 4.74 Å². The second kappa shape index (κ2) is 10.3. The highest BCUT2D eigenvalue weighted by Crippen LogP contribution is 2.27. The van der Waals surface area contributed by atoms with Crippen LogP contribution >= 0.6 is 0 Å². The Bertz CT molecular complexity index is 1470. The summed E-state index contributed by atoms with van der Waals surface area (Å²) in [5.41, 5.74) is 1.08. The number of likely N-dealkylation sites (tertiary alicyclic amines) is 1. The van der Waals surface area contributed by atoms with Crippen LogP contribution in [0.15, 0.2) is 65.8 Å². The van der Waals surface area contributed by atoms with Gasteiger partial charge in [-0.2, -0.15) is 5.10 Å².